The Morgan fingerprint density at radius 3 is 2.72 bits per heavy atom. The van der Waals surface area contributed by atoms with Crippen LogP contribution in [-0.2, 0) is 9.53 Å². The number of esters is 1. The van der Waals surface area contributed by atoms with E-state index in [9.17, 15) is 4.79 Å². The molecule has 0 aliphatic rings. The minimum absolute atomic E-state index is 0.121. The molecule has 1 heterocycles. The summed E-state index contributed by atoms with van der Waals surface area (Å²) in [4.78, 5) is 20.5. The number of rotatable bonds is 6. The second-order valence-electron chi connectivity index (χ2n) is 3.59. The highest BCUT2D eigenvalue weighted by molar-refractivity contribution is 6.32. The molecule has 0 fully saturated rings. The smallest absolute Gasteiger partial charge is 0.302 e. The van der Waals surface area contributed by atoms with Gasteiger partial charge in [0.1, 0.15) is 11.0 Å². The third-order valence-electron chi connectivity index (χ3n) is 2.24. The minimum Gasteiger partial charge on any atom is -0.466 e. The van der Waals surface area contributed by atoms with E-state index in [1.807, 2.05) is 11.8 Å². The maximum atomic E-state index is 10.6. The highest BCUT2D eigenvalue weighted by Crippen LogP contribution is 2.18. The van der Waals surface area contributed by atoms with Gasteiger partial charge in [0, 0.05) is 26.1 Å². The summed E-state index contributed by atoms with van der Waals surface area (Å²) in [5.74, 6) is 0.400. The molecule has 1 rings (SSSR count). The van der Waals surface area contributed by atoms with Gasteiger partial charge in [-0.3, -0.25) is 4.79 Å². The van der Waals surface area contributed by atoms with Crippen LogP contribution in [0.15, 0.2) is 6.07 Å². The van der Waals surface area contributed by atoms with E-state index in [0.29, 0.717) is 30.5 Å². The molecule has 0 spiro atoms. The standard InChI is InChI=1S/C11H15Cl2N3O2/c1-3-16(5-4-6-18-8(2)17)10-7-9(12)14-11(13)15-10/h7H,3-6H2,1-2H3. The van der Waals surface area contributed by atoms with E-state index in [4.69, 9.17) is 27.9 Å². The van der Waals surface area contributed by atoms with Gasteiger partial charge in [-0.2, -0.15) is 0 Å². The van der Waals surface area contributed by atoms with Gasteiger partial charge in [-0.1, -0.05) is 11.6 Å². The average Bonchev–Trinajstić information content (AvgIpc) is 2.27. The summed E-state index contributed by atoms with van der Waals surface area (Å²) in [6.45, 7) is 5.23. The molecule has 0 N–H and O–H groups in total. The van der Waals surface area contributed by atoms with Crippen LogP contribution >= 0.6 is 23.2 Å². The summed E-state index contributed by atoms with van der Waals surface area (Å²) >= 11 is 11.6. The molecule has 0 atom stereocenters. The van der Waals surface area contributed by atoms with E-state index in [2.05, 4.69) is 9.97 Å². The van der Waals surface area contributed by atoms with Crippen molar-refractivity contribution in [2.75, 3.05) is 24.6 Å². The van der Waals surface area contributed by atoms with Crippen molar-refractivity contribution >= 4 is 35.0 Å². The third-order valence-corrected chi connectivity index (χ3v) is 2.60. The summed E-state index contributed by atoms with van der Waals surface area (Å²) in [5.41, 5.74) is 0. The fraction of sp³-hybridized carbons (Fsp3) is 0.545. The molecule has 18 heavy (non-hydrogen) atoms. The molecule has 5 nitrogen and oxygen atoms in total. The van der Waals surface area contributed by atoms with Gasteiger partial charge in [-0.05, 0) is 24.9 Å². The largest absolute Gasteiger partial charge is 0.466 e. The van der Waals surface area contributed by atoms with Crippen molar-refractivity contribution < 1.29 is 9.53 Å². The van der Waals surface area contributed by atoms with Gasteiger partial charge < -0.3 is 9.64 Å². The fourth-order valence-electron chi connectivity index (χ4n) is 1.45. The van der Waals surface area contributed by atoms with Crippen LogP contribution in [0.3, 0.4) is 0 Å². The molecule has 7 heteroatoms. The summed E-state index contributed by atoms with van der Waals surface area (Å²) in [6, 6.07) is 1.66. The monoisotopic (exact) mass is 291 g/mol. The van der Waals surface area contributed by atoms with Crippen molar-refractivity contribution in [3.63, 3.8) is 0 Å². The Labute approximate surface area is 116 Å². The lowest BCUT2D eigenvalue weighted by molar-refractivity contribution is -0.140. The molecule has 1 aromatic heterocycles. The zero-order valence-electron chi connectivity index (χ0n) is 10.3. The number of hydrogen-bond donors (Lipinski definition) is 0. The number of halogens is 2. The molecule has 0 bridgehead atoms. The lowest BCUT2D eigenvalue weighted by Gasteiger charge is -2.21. The van der Waals surface area contributed by atoms with Gasteiger partial charge in [-0.15, -0.1) is 0 Å². The highest BCUT2D eigenvalue weighted by atomic mass is 35.5. The molecule has 0 aromatic carbocycles. The summed E-state index contributed by atoms with van der Waals surface area (Å²) in [6.07, 6.45) is 0.715. The Hall–Kier alpha value is -1.07. The zero-order chi connectivity index (χ0) is 13.5. The lowest BCUT2D eigenvalue weighted by atomic mass is 10.3. The SMILES string of the molecule is CCN(CCCOC(C)=O)c1cc(Cl)nc(Cl)n1. The van der Waals surface area contributed by atoms with E-state index in [-0.39, 0.29) is 11.3 Å². The van der Waals surface area contributed by atoms with Gasteiger partial charge in [0.2, 0.25) is 5.28 Å². The molecular weight excluding hydrogens is 277 g/mol. The van der Waals surface area contributed by atoms with E-state index in [1.165, 1.54) is 6.92 Å². The van der Waals surface area contributed by atoms with E-state index >= 15 is 0 Å². The van der Waals surface area contributed by atoms with Crippen molar-refractivity contribution in [3.05, 3.63) is 16.5 Å². The maximum absolute atomic E-state index is 10.6. The van der Waals surface area contributed by atoms with Crippen LogP contribution in [0, 0.1) is 0 Å². The number of ether oxygens (including phenoxy) is 1. The van der Waals surface area contributed by atoms with Crippen molar-refractivity contribution in [1.82, 2.24) is 9.97 Å². The number of anilines is 1. The van der Waals surface area contributed by atoms with Crippen molar-refractivity contribution in [2.24, 2.45) is 0 Å². The van der Waals surface area contributed by atoms with Crippen molar-refractivity contribution in [1.29, 1.82) is 0 Å². The number of hydrogen-bond acceptors (Lipinski definition) is 5. The van der Waals surface area contributed by atoms with E-state index in [0.717, 1.165) is 6.54 Å². The number of carbonyl (C=O) groups is 1. The van der Waals surface area contributed by atoms with Crippen LogP contribution in [-0.4, -0.2) is 35.6 Å². The fourth-order valence-corrected chi connectivity index (χ4v) is 1.85. The first-order valence-electron chi connectivity index (χ1n) is 5.61. The zero-order valence-corrected chi connectivity index (χ0v) is 11.8. The molecule has 100 valence electrons. The summed E-state index contributed by atoms with van der Waals surface area (Å²) < 4.78 is 4.87. The van der Waals surface area contributed by atoms with Gasteiger partial charge >= 0.3 is 5.97 Å². The topological polar surface area (TPSA) is 55.3 Å². The normalized spacial score (nSPS) is 10.2. The van der Waals surface area contributed by atoms with E-state index in [1.54, 1.807) is 6.07 Å². The Morgan fingerprint density at radius 1 is 1.44 bits per heavy atom. The number of carbonyl (C=O) groups excluding carboxylic acids is 1. The predicted octanol–water partition coefficient (Wildman–Crippen LogP) is 2.56. The molecule has 0 amide bonds. The predicted molar refractivity (Wildman–Crippen MR) is 71.2 cm³/mol. The highest BCUT2D eigenvalue weighted by Gasteiger charge is 2.09. The molecule has 0 radical (unpaired) electrons. The molecule has 0 saturated heterocycles. The maximum Gasteiger partial charge on any atom is 0.302 e. The Kier molecular flexibility index (Phi) is 6.15. The van der Waals surface area contributed by atoms with Gasteiger partial charge in [0.05, 0.1) is 6.61 Å². The molecule has 1 aromatic rings. The quantitative estimate of drug-likeness (QED) is 0.349. The van der Waals surface area contributed by atoms with Crippen LogP contribution in [0.4, 0.5) is 5.82 Å². The second kappa shape index (κ2) is 7.38. The Balaban J connectivity index is 2.57. The average molecular weight is 292 g/mol. The van der Waals surface area contributed by atoms with Crippen LogP contribution in [0.1, 0.15) is 20.3 Å². The van der Waals surface area contributed by atoms with Crippen LogP contribution in [0.2, 0.25) is 10.4 Å². The number of aromatic nitrogens is 2. The molecule has 0 unspecified atom stereocenters. The summed E-state index contributed by atoms with van der Waals surface area (Å²) in [5, 5.41) is 0.430. The second-order valence-corrected chi connectivity index (χ2v) is 4.32. The Bertz CT molecular complexity index is 395. The third kappa shape index (κ3) is 5.06. The van der Waals surface area contributed by atoms with Crippen LogP contribution in [0.5, 0.6) is 0 Å². The van der Waals surface area contributed by atoms with Gasteiger partial charge in [-0.25, -0.2) is 9.97 Å². The van der Waals surface area contributed by atoms with Gasteiger partial charge in [0.25, 0.3) is 0 Å². The van der Waals surface area contributed by atoms with Crippen molar-refractivity contribution in [2.45, 2.75) is 20.3 Å². The van der Waals surface area contributed by atoms with E-state index < -0.39 is 0 Å². The lowest BCUT2D eigenvalue weighted by Crippen LogP contribution is -2.26. The summed E-state index contributed by atoms with van der Waals surface area (Å²) in [7, 11) is 0. The first kappa shape index (κ1) is 15.0. The van der Waals surface area contributed by atoms with Crippen molar-refractivity contribution in [3.8, 4) is 0 Å². The first-order chi connectivity index (χ1) is 8.52. The molecule has 0 aliphatic carbocycles. The van der Waals surface area contributed by atoms with Crippen LogP contribution < -0.4 is 4.90 Å². The Morgan fingerprint density at radius 2 is 2.17 bits per heavy atom. The minimum atomic E-state index is -0.272. The van der Waals surface area contributed by atoms with Gasteiger partial charge in [0.15, 0.2) is 0 Å². The number of nitrogens with zero attached hydrogens (tertiary/aromatic N) is 3. The van der Waals surface area contributed by atoms with Crippen LogP contribution in [0.25, 0.3) is 0 Å². The molecule has 0 aliphatic heterocycles. The first-order valence-corrected chi connectivity index (χ1v) is 6.37. The molecular formula is C11H15Cl2N3O2. The molecule has 0 saturated carbocycles.